The Hall–Kier alpha value is -3.43. The first-order valence-corrected chi connectivity index (χ1v) is 12.8. The lowest BCUT2D eigenvalue weighted by atomic mass is 9.98. The molecule has 9 heteroatoms. The van der Waals surface area contributed by atoms with Gasteiger partial charge in [-0.25, -0.2) is 9.59 Å². The van der Waals surface area contributed by atoms with E-state index >= 15 is 0 Å². The number of carboxylic acids is 1. The molecule has 3 atom stereocenters. The van der Waals surface area contributed by atoms with Crippen LogP contribution in [0.1, 0.15) is 58.6 Å². The second-order valence-electron chi connectivity index (χ2n) is 11.2. The molecule has 0 aromatic heterocycles. The molecule has 2 N–H and O–H groups in total. The van der Waals surface area contributed by atoms with E-state index in [9.17, 15) is 19.5 Å². The fourth-order valence-electron chi connectivity index (χ4n) is 5.33. The van der Waals surface area contributed by atoms with E-state index in [4.69, 9.17) is 14.2 Å². The third kappa shape index (κ3) is 5.54. The van der Waals surface area contributed by atoms with Crippen LogP contribution in [-0.4, -0.2) is 70.7 Å². The number of aliphatic carboxylic acids is 1. The van der Waals surface area contributed by atoms with Crippen LogP contribution in [0.4, 0.5) is 4.79 Å². The lowest BCUT2D eigenvalue weighted by Gasteiger charge is -2.37. The molecule has 2 aromatic rings. The number of carbonyl (C=O) groups is 3. The summed E-state index contributed by atoms with van der Waals surface area (Å²) in [5, 5.41) is 12.4. The minimum absolute atomic E-state index is 0.0748. The first kappa shape index (κ1) is 27.6. The Labute approximate surface area is 223 Å². The highest BCUT2D eigenvalue weighted by molar-refractivity contribution is 5.91. The van der Waals surface area contributed by atoms with Crippen LogP contribution < -0.4 is 5.32 Å². The van der Waals surface area contributed by atoms with Crippen molar-refractivity contribution in [1.29, 1.82) is 0 Å². The Kier molecular flexibility index (Phi) is 7.54. The van der Waals surface area contributed by atoms with E-state index in [1.165, 1.54) is 0 Å². The van der Waals surface area contributed by atoms with Gasteiger partial charge in [0.05, 0.1) is 18.3 Å². The normalized spacial score (nSPS) is 19.8. The van der Waals surface area contributed by atoms with Crippen LogP contribution in [0.3, 0.4) is 0 Å². The second kappa shape index (κ2) is 10.4. The van der Waals surface area contributed by atoms with Gasteiger partial charge in [0.15, 0.2) is 6.04 Å². The van der Waals surface area contributed by atoms with Crippen molar-refractivity contribution in [3.63, 3.8) is 0 Å². The van der Waals surface area contributed by atoms with Gasteiger partial charge in [0.1, 0.15) is 18.4 Å². The van der Waals surface area contributed by atoms with Gasteiger partial charge in [-0.15, -0.1) is 0 Å². The number of amides is 2. The van der Waals surface area contributed by atoms with Gasteiger partial charge in [-0.3, -0.25) is 9.69 Å². The van der Waals surface area contributed by atoms with E-state index in [1.807, 2.05) is 69.3 Å². The van der Waals surface area contributed by atoms with Gasteiger partial charge in [-0.1, -0.05) is 48.5 Å². The maximum atomic E-state index is 13.8. The topological polar surface area (TPSA) is 114 Å². The van der Waals surface area contributed by atoms with Crippen LogP contribution in [0.5, 0.6) is 0 Å². The largest absolute Gasteiger partial charge is 0.480 e. The average molecular weight is 525 g/mol. The monoisotopic (exact) mass is 524 g/mol. The molecule has 2 aliphatic rings. The van der Waals surface area contributed by atoms with Gasteiger partial charge in [-0.05, 0) is 63.8 Å². The standard InChI is InChI=1S/C29H36N2O7/c1-17(38-28(2,3)4)24(25(32)31-23(26(33)34)16-37-29(31,5)6)30-27(35)36-15-22-20-13-9-7-11-18(20)19-12-8-10-14-21(19)22/h7-14,17,22-24H,15-16H2,1-6H3,(H,30,35)(H,33,34)/t17-,23-,24+/m0/s1. The summed E-state index contributed by atoms with van der Waals surface area (Å²) in [6.45, 7) is 10.3. The Morgan fingerprint density at radius 3 is 2.16 bits per heavy atom. The van der Waals surface area contributed by atoms with E-state index < -0.39 is 47.5 Å². The molecule has 2 aromatic carbocycles. The quantitative estimate of drug-likeness (QED) is 0.559. The predicted molar refractivity (Wildman–Crippen MR) is 141 cm³/mol. The van der Waals surface area contributed by atoms with Gasteiger partial charge in [0, 0.05) is 5.92 Å². The molecule has 1 aliphatic heterocycles. The first-order valence-electron chi connectivity index (χ1n) is 12.8. The summed E-state index contributed by atoms with van der Waals surface area (Å²) in [5.74, 6) is -1.95. The number of nitrogens with one attached hydrogen (secondary N) is 1. The molecule has 1 aliphatic carbocycles. The first-order chi connectivity index (χ1) is 17.8. The number of ether oxygens (including phenoxy) is 3. The number of rotatable bonds is 7. The Balaban J connectivity index is 1.54. The van der Waals surface area contributed by atoms with E-state index in [2.05, 4.69) is 5.32 Å². The minimum Gasteiger partial charge on any atom is -0.480 e. The summed E-state index contributed by atoms with van der Waals surface area (Å²) in [5.41, 5.74) is 2.55. The molecule has 1 saturated heterocycles. The summed E-state index contributed by atoms with van der Waals surface area (Å²) in [4.78, 5) is 39.9. The SMILES string of the molecule is C[C@H](OC(C)(C)C)[C@@H](NC(=O)OCC1c2ccccc2-c2ccccc21)C(=O)N1[C@H](C(=O)O)COC1(C)C. The van der Waals surface area contributed by atoms with Crippen LogP contribution in [-0.2, 0) is 23.8 Å². The lowest BCUT2D eigenvalue weighted by molar-refractivity contribution is -0.161. The van der Waals surface area contributed by atoms with E-state index in [0.29, 0.717) is 0 Å². The van der Waals surface area contributed by atoms with Crippen LogP contribution in [0.2, 0.25) is 0 Å². The summed E-state index contributed by atoms with van der Waals surface area (Å²) < 4.78 is 17.3. The maximum Gasteiger partial charge on any atom is 0.407 e. The van der Waals surface area contributed by atoms with E-state index in [0.717, 1.165) is 27.2 Å². The van der Waals surface area contributed by atoms with Crippen LogP contribution in [0, 0.1) is 0 Å². The summed E-state index contributed by atoms with van der Waals surface area (Å²) >= 11 is 0. The zero-order chi connectivity index (χ0) is 27.8. The minimum atomic E-state index is -1.20. The van der Waals surface area contributed by atoms with Crippen molar-refractivity contribution in [2.45, 2.75) is 77.0 Å². The molecule has 1 heterocycles. The molecular weight excluding hydrogens is 488 g/mol. The van der Waals surface area contributed by atoms with Crippen molar-refractivity contribution in [2.75, 3.05) is 13.2 Å². The molecule has 204 valence electrons. The van der Waals surface area contributed by atoms with Crippen molar-refractivity contribution in [2.24, 2.45) is 0 Å². The van der Waals surface area contributed by atoms with Crippen molar-refractivity contribution >= 4 is 18.0 Å². The van der Waals surface area contributed by atoms with Gasteiger partial charge in [0.25, 0.3) is 5.91 Å². The van der Waals surface area contributed by atoms with Crippen molar-refractivity contribution in [1.82, 2.24) is 10.2 Å². The summed E-state index contributed by atoms with van der Waals surface area (Å²) in [6, 6.07) is 13.6. The van der Waals surface area contributed by atoms with Crippen LogP contribution >= 0.6 is 0 Å². The Morgan fingerprint density at radius 1 is 1.08 bits per heavy atom. The smallest absolute Gasteiger partial charge is 0.407 e. The number of benzene rings is 2. The maximum absolute atomic E-state index is 13.8. The number of alkyl carbamates (subject to hydrolysis) is 1. The number of fused-ring (bicyclic) bond motifs is 3. The average Bonchev–Trinajstić information content (AvgIpc) is 3.33. The molecule has 0 unspecified atom stereocenters. The number of nitrogens with zero attached hydrogens (tertiary/aromatic N) is 1. The molecule has 4 rings (SSSR count). The Morgan fingerprint density at radius 2 is 1.63 bits per heavy atom. The molecule has 2 amide bonds. The van der Waals surface area contributed by atoms with Gasteiger partial charge in [0.2, 0.25) is 0 Å². The highest BCUT2D eigenvalue weighted by Gasteiger charge is 2.50. The van der Waals surface area contributed by atoms with Gasteiger partial charge < -0.3 is 24.6 Å². The predicted octanol–water partition coefficient (Wildman–Crippen LogP) is 4.15. The fraction of sp³-hybridized carbons (Fsp3) is 0.483. The number of carboxylic acid groups (broad SMARTS) is 1. The molecular formula is C29H36N2O7. The van der Waals surface area contributed by atoms with Crippen molar-refractivity contribution in [3.8, 4) is 11.1 Å². The summed E-state index contributed by atoms with van der Waals surface area (Å²) in [7, 11) is 0. The molecule has 0 saturated carbocycles. The highest BCUT2D eigenvalue weighted by atomic mass is 16.6. The summed E-state index contributed by atoms with van der Waals surface area (Å²) in [6.07, 6.45) is -1.58. The molecule has 9 nitrogen and oxygen atoms in total. The third-order valence-electron chi connectivity index (χ3n) is 6.90. The Bertz CT molecular complexity index is 1170. The van der Waals surface area contributed by atoms with Crippen LogP contribution in [0.25, 0.3) is 11.1 Å². The number of hydrogen-bond donors (Lipinski definition) is 2. The zero-order valence-electron chi connectivity index (χ0n) is 22.7. The van der Waals surface area contributed by atoms with Crippen molar-refractivity contribution in [3.05, 3.63) is 59.7 Å². The molecule has 38 heavy (non-hydrogen) atoms. The van der Waals surface area contributed by atoms with Gasteiger partial charge in [-0.2, -0.15) is 0 Å². The van der Waals surface area contributed by atoms with Crippen LogP contribution in [0.15, 0.2) is 48.5 Å². The van der Waals surface area contributed by atoms with E-state index in [1.54, 1.807) is 20.8 Å². The molecule has 0 spiro atoms. The van der Waals surface area contributed by atoms with Crippen molar-refractivity contribution < 1.29 is 33.7 Å². The molecule has 0 radical (unpaired) electrons. The number of hydrogen-bond acceptors (Lipinski definition) is 6. The second-order valence-corrected chi connectivity index (χ2v) is 11.2. The highest BCUT2D eigenvalue weighted by Crippen LogP contribution is 2.44. The molecule has 0 bridgehead atoms. The third-order valence-corrected chi connectivity index (χ3v) is 6.90. The fourth-order valence-corrected chi connectivity index (χ4v) is 5.33. The molecule has 1 fully saturated rings. The van der Waals surface area contributed by atoms with E-state index in [-0.39, 0.29) is 19.1 Å². The lowest BCUT2D eigenvalue weighted by Crippen LogP contribution is -2.61. The zero-order valence-corrected chi connectivity index (χ0v) is 22.7. The van der Waals surface area contributed by atoms with Gasteiger partial charge >= 0.3 is 12.1 Å². The number of carbonyl (C=O) groups excluding carboxylic acids is 2.